The zero-order chi connectivity index (χ0) is 14.7. The van der Waals surface area contributed by atoms with E-state index in [1.165, 1.54) is 42.1 Å². The molecule has 1 aromatic rings. The van der Waals surface area contributed by atoms with Gasteiger partial charge in [0.05, 0.1) is 6.61 Å². The Kier molecular flexibility index (Phi) is 5.15. The second-order valence-electron chi connectivity index (χ2n) is 6.20. The lowest BCUT2D eigenvalue weighted by Crippen LogP contribution is -2.42. The van der Waals surface area contributed by atoms with Crippen molar-refractivity contribution in [1.82, 2.24) is 4.90 Å². The highest BCUT2D eigenvalue weighted by molar-refractivity contribution is 9.11. The standard InChI is InChI=1S/C18H24BrNO/c19-17-7-3-4-8-18(17)20-11-9-14(10-12-20)16-6-2-1-5-15(16)13-21/h1-2,5-7,14,18,21H,3-4,8-13H2. The van der Waals surface area contributed by atoms with Crippen molar-refractivity contribution in [2.24, 2.45) is 0 Å². The molecule has 0 amide bonds. The van der Waals surface area contributed by atoms with Crippen molar-refractivity contribution >= 4 is 15.9 Å². The van der Waals surface area contributed by atoms with Crippen LogP contribution in [0.2, 0.25) is 0 Å². The molecular formula is C18H24BrNO. The van der Waals surface area contributed by atoms with Crippen LogP contribution in [0.3, 0.4) is 0 Å². The molecule has 1 atom stereocenters. The lowest BCUT2D eigenvalue weighted by molar-refractivity contribution is 0.164. The molecule has 2 aliphatic rings. The molecule has 0 radical (unpaired) electrons. The van der Waals surface area contributed by atoms with Gasteiger partial charge in [-0.25, -0.2) is 0 Å². The van der Waals surface area contributed by atoms with E-state index in [0.29, 0.717) is 12.0 Å². The Balaban J connectivity index is 1.65. The lowest BCUT2D eigenvalue weighted by Gasteiger charge is -2.39. The van der Waals surface area contributed by atoms with Crippen LogP contribution in [0.1, 0.15) is 49.1 Å². The minimum Gasteiger partial charge on any atom is -0.392 e. The van der Waals surface area contributed by atoms with Crippen molar-refractivity contribution in [2.45, 2.75) is 50.7 Å². The average molecular weight is 350 g/mol. The van der Waals surface area contributed by atoms with Crippen LogP contribution in [0.15, 0.2) is 34.8 Å². The minimum atomic E-state index is 0.160. The lowest BCUT2D eigenvalue weighted by atomic mass is 9.85. The number of hydrogen-bond donors (Lipinski definition) is 1. The Morgan fingerprint density at radius 2 is 1.90 bits per heavy atom. The van der Waals surface area contributed by atoms with Gasteiger partial charge in [-0.2, -0.15) is 0 Å². The molecule has 21 heavy (non-hydrogen) atoms. The summed E-state index contributed by atoms with van der Waals surface area (Å²) in [6.45, 7) is 2.49. The summed E-state index contributed by atoms with van der Waals surface area (Å²) in [5, 5.41) is 9.52. The van der Waals surface area contributed by atoms with Gasteiger partial charge < -0.3 is 5.11 Å². The third kappa shape index (κ3) is 3.41. The van der Waals surface area contributed by atoms with E-state index in [2.05, 4.69) is 45.1 Å². The molecule has 114 valence electrons. The number of benzene rings is 1. The maximum atomic E-state index is 9.52. The van der Waals surface area contributed by atoms with Crippen LogP contribution in [0, 0.1) is 0 Å². The first-order chi connectivity index (χ1) is 10.3. The van der Waals surface area contributed by atoms with E-state index in [4.69, 9.17) is 0 Å². The van der Waals surface area contributed by atoms with Crippen LogP contribution in [-0.4, -0.2) is 29.1 Å². The van der Waals surface area contributed by atoms with Crippen LogP contribution in [0.25, 0.3) is 0 Å². The molecule has 1 aliphatic heterocycles. The third-order valence-corrected chi connectivity index (χ3v) is 5.83. The van der Waals surface area contributed by atoms with Gasteiger partial charge in [0.25, 0.3) is 0 Å². The van der Waals surface area contributed by atoms with Gasteiger partial charge in [0.2, 0.25) is 0 Å². The van der Waals surface area contributed by atoms with Crippen LogP contribution < -0.4 is 0 Å². The first-order valence-electron chi connectivity index (χ1n) is 8.08. The first-order valence-corrected chi connectivity index (χ1v) is 8.87. The van der Waals surface area contributed by atoms with Crippen molar-refractivity contribution in [2.75, 3.05) is 13.1 Å². The normalized spacial score (nSPS) is 24.9. The number of aliphatic hydroxyl groups excluding tert-OH is 1. The van der Waals surface area contributed by atoms with Gasteiger partial charge >= 0.3 is 0 Å². The smallest absolute Gasteiger partial charge is 0.0684 e. The minimum absolute atomic E-state index is 0.160. The molecule has 1 fully saturated rings. The topological polar surface area (TPSA) is 23.5 Å². The molecule has 0 aromatic heterocycles. The molecular weight excluding hydrogens is 326 g/mol. The second kappa shape index (κ2) is 7.08. The number of hydrogen-bond acceptors (Lipinski definition) is 2. The van der Waals surface area contributed by atoms with E-state index in [1.54, 1.807) is 0 Å². The summed E-state index contributed by atoms with van der Waals surface area (Å²) < 4.78 is 1.39. The van der Waals surface area contributed by atoms with Gasteiger partial charge in [-0.15, -0.1) is 0 Å². The third-order valence-electron chi connectivity index (χ3n) is 4.97. The molecule has 1 heterocycles. The highest BCUT2D eigenvalue weighted by Crippen LogP contribution is 2.35. The van der Waals surface area contributed by atoms with E-state index in [0.717, 1.165) is 18.7 Å². The van der Waals surface area contributed by atoms with E-state index < -0.39 is 0 Å². The first kappa shape index (κ1) is 15.3. The van der Waals surface area contributed by atoms with Gasteiger partial charge in [-0.05, 0) is 62.2 Å². The Bertz CT molecular complexity index is 506. The maximum absolute atomic E-state index is 9.52. The molecule has 0 spiro atoms. The van der Waals surface area contributed by atoms with Crippen LogP contribution in [0.4, 0.5) is 0 Å². The number of aliphatic hydroxyl groups is 1. The molecule has 1 aliphatic carbocycles. The summed E-state index contributed by atoms with van der Waals surface area (Å²) in [6.07, 6.45) is 8.57. The quantitative estimate of drug-likeness (QED) is 0.884. The van der Waals surface area contributed by atoms with E-state index in [-0.39, 0.29) is 6.61 Å². The molecule has 1 saturated heterocycles. The molecule has 3 rings (SSSR count). The maximum Gasteiger partial charge on any atom is 0.0684 e. The van der Waals surface area contributed by atoms with Gasteiger partial charge in [-0.3, -0.25) is 4.90 Å². The fourth-order valence-electron chi connectivity index (χ4n) is 3.78. The Morgan fingerprint density at radius 3 is 2.62 bits per heavy atom. The molecule has 2 nitrogen and oxygen atoms in total. The largest absolute Gasteiger partial charge is 0.392 e. The molecule has 1 unspecified atom stereocenters. The van der Waals surface area contributed by atoms with E-state index in [9.17, 15) is 5.11 Å². The van der Waals surface area contributed by atoms with Crippen LogP contribution in [0.5, 0.6) is 0 Å². The zero-order valence-corrected chi connectivity index (χ0v) is 14.1. The Morgan fingerprint density at radius 1 is 1.14 bits per heavy atom. The van der Waals surface area contributed by atoms with Crippen LogP contribution in [-0.2, 0) is 6.61 Å². The fourth-order valence-corrected chi connectivity index (χ4v) is 4.53. The highest BCUT2D eigenvalue weighted by atomic mass is 79.9. The van der Waals surface area contributed by atoms with Crippen molar-refractivity contribution in [3.8, 4) is 0 Å². The van der Waals surface area contributed by atoms with Crippen molar-refractivity contribution in [3.05, 3.63) is 46.0 Å². The van der Waals surface area contributed by atoms with E-state index in [1.807, 2.05) is 6.07 Å². The summed E-state index contributed by atoms with van der Waals surface area (Å²) in [7, 11) is 0. The number of allylic oxidation sites excluding steroid dienone is 1. The zero-order valence-electron chi connectivity index (χ0n) is 12.5. The summed E-state index contributed by atoms with van der Waals surface area (Å²) in [5.74, 6) is 0.607. The Hall–Kier alpha value is -0.640. The summed E-state index contributed by atoms with van der Waals surface area (Å²) in [6, 6.07) is 8.98. The SMILES string of the molecule is OCc1ccccc1C1CCN(C2CCCC=C2Br)CC1. The predicted octanol–water partition coefficient (Wildman–Crippen LogP) is 4.19. The summed E-state index contributed by atoms with van der Waals surface area (Å²) in [4.78, 5) is 2.64. The molecule has 1 aromatic carbocycles. The Labute approximate surface area is 136 Å². The van der Waals surface area contributed by atoms with Crippen LogP contribution >= 0.6 is 15.9 Å². The monoisotopic (exact) mass is 349 g/mol. The molecule has 0 saturated carbocycles. The predicted molar refractivity (Wildman–Crippen MR) is 90.6 cm³/mol. The molecule has 3 heteroatoms. The van der Waals surface area contributed by atoms with Gasteiger partial charge in [-0.1, -0.05) is 46.3 Å². The second-order valence-corrected chi connectivity index (χ2v) is 7.12. The fraction of sp³-hybridized carbons (Fsp3) is 0.556. The van der Waals surface area contributed by atoms with Gasteiger partial charge in [0.1, 0.15) is 0 Å². The van der Waals surface area contributed by atoms with Gasteiger partial charge in [0.15, 0.2) is 0 Å². The summed E-state index contributed by atoms with van der Waals surface area (Å²) in [5.41, 5.74) is 2.47. The number of nitrogens with zero attached hydrogens (tertiary/aromatic N) is 1. The van der Waals surface area contributed by atoms with Crippen molar-refractivity contribution < 1.29 is 5.11 Å². The summed E-state index contributed by atoms with van der Waals surface area (Å²) >= 11 is 3.76. The van der Waals surface area contributed by atoms with Crippen molar-refractivity contribution in [1.29, 1.82) is 0 Å². The van der Waals surface area contributed by atoms with Crippen molar-refractivity contribution in [3.63, 3.8) is 0 Å². The van der Waals surface area contributed by atoms with E-state index >= 15 is 0 Å². The number of rotatable bonds is 3. The molecule has 0 bridgehead atoms. The number of likely N-dealkylation sites (tertiary alicyclic amines) is 1. The van der Waals surface area contributed by atoms with Gasteiger partial charge in [0, 0.05) is 10.5 Å². The molecule has 1 N–H and O–H groups in total. The number of halogens is 1. The average Bonchev–Trinajstić information content (AvgIpc) is 2.55. The highest BCUT2D eigenvalue weighted by Gasteiger charge is 2.28. The number of piperidine rings is 1.